The molecule has 2 bridgehead atoms. The second-order valence-electron chi connectivity index (χ2n) is 14.8. The van der Waals surface area contributed by atoms with Gasteiger partial charge in [0.15, 0.2) is 5.65 Å². The molecule has 2 fully saturated rings. The van der Waals surface area contributed by atoms with E-state index in [4.69, 9.17) is 37.7 Å². The first kappa shape index (κ1) is 32.9. The first-order valence-electron chi connectivity index (χ1n) is 15.8. The number of alkyl carbamates (subject to hydrolysis) is 1. The highest BCUT2D eigenvalue weighted by atomic mass is 35.5. The van der Waals surface area contributed by atoms with Crippen molar-refractivity contribution in [2.45, 2.75) is 96.2 Å². The molecule has 3 atom stereocenters. The van der Waals surface area contributed by atoms with Crippen molar-refractivity contribution >= 4 is 65.3 Å². The maximum absolute atomic E-state index is 14.3. The maximum atomic E-state index is 14.3. The second kappa shape index (κ2) is 11.9. The van der Waals surface area contributed by atoms with Gasteiger partial charge in [-0.15, -0.1) is 0 Å². The number of benzene rings is 1. The summed E-state index contributed by atoms with van der Waals surface area (Å²) in [6, 6.07) is 4.78. The van der Waals surface area contributed by atoms with Gasteiger partial charge in [-0.05, 0) is 52.1 Å². The lowest BCUT2D eigenvalue weighted by Crippen LogP contribution is -2.46. The smallest absolute Gasteiger partial charge is 0.407 e. The molecule has 0 radical (unpaired) electrons. The molecule has 46 heavy (non-hydrogen) atoms. The standard InChI is InChI=1S/C32H43Cl2N7O4Si/c1-32(2,3)45-31(43)35-22-15-18-9-12-23(22)41(18)30-36-28-24(29(42)38(30)4)20(16-40(28)17-44-13-14-46(6,7)8)19-10-11-21-25(26(19)33)27(34)39(5)37-21/h10-11,16,18,22-23H,9,12-15,17H2,1-8H3,(H,35,43). The summed E-state index contributed by atoms with van der Waals surface area (Å²) in [6.07, 6.45) is 4.07. The van der Waals surface area contributed by atoms with Gasteiger partial charge in [0.2, 0.25) is 5.95 Å². The number of anilines is 1. The number of halogens is 2. The molecular weight excluding hydrogens is 645 g/mol. The van der Waals surface area contributed by atoms with Crippen LogP contribution in [0, 0.1) is 0 Å². The lowest BCUT2D eigenvalue weighted by atomic mass is 9.96. The maximum Gasteiger partial charge on any atom is 0.407 e. The van der Waals surface area contributed by atoms with Crippen molar-refractivity contribution in [3.8, 4) is 11.1 Å². The van der Waals surface area contributed by atoms with Crippen LogP contribution in [0.1, 0.15) is 40.0 Å². The van der Waals surface area contributed by atoms with Gasteiger partial charge in [-0.1, -0.05) is 48.9 Å². The van der Waals surface area contributed by atoms with Crippen molar-refractivity contribution in [1.82, 2.24) is 29.2 Å². The minimum Gasteiger partial charge on any atom is -0.444 e. The summed E-state index contributed by atoms with van der Waals surface area (Å²) in [4.78, 5) is 34.4. The quantitative estimate of drug-likeness (QED) is 0.165. The summed E-state index contributed by atoms with van der Waals surface area (Å²) < 4.78 is 16.8. The number of fused-ring (bicyclic) bond motifs is 4. The number of aromatic nitrogens is 5. The molecule has 3 aromatic heterocycles. The van der Waals surface area contributed by atoms with Gasteiger partial charge in [0.05, 0.1) is 33.4 Å². The third kappa shape index (κ3) is 6.04. The Balaban J connectivity index is 1.43. The third-order valence-electron chi connectivity index (χ3n) is 8.93. The molecule has 14 heteroatoms. The number of rotatable bonds is 8. The van der Waals surface area contributed by atoms with E-state index < -0.39 is 19.8 Å². The van der Waals surface area contributed by atoms with Gasteiger partial charge in [-0.3, -0.25) is 14.0 Å². The van der Waals surface area contributed by atoms with Gasteiger partial charge in [-0.2, -0.15) is 10.1 Å². The van der Waals surface area contributed by atoms with Crippen LogP contribution in [0.5, 0.6) is 0 Å². The first-order valence-corrected chi connectivity index (χ1v) is 20.3. The Morgan fingerprint density at radius 2 is 1.85 bits per heavy atom. The normalized spacial score (nSPS) is 20.0. The van der Waals surface area contributed by atoms with Crippen molar-refractivity contribution < 1.29 is 14.3 Å². The van der Waals surface area contributed by atoms with E-state index in [1.54, 1.807) is 23.3 Å². The van der Waals surface area contributed by atoms with E-state index in [-0.39, 0.29) is 30.4 Å². The second-order valence-corrected chi connectivity index (χ2v) is 21.1. The Labute approximate surface area is 279 Å². The van der Waals surface area contributed by atoms with E-state index in [1.165, 1.54) is 0 Å². The van der Waals surface area contributed by atoms with Crippen LogP contribution in [-0.2, 0) is 30.3 Å². The zero-order chi connectivity index (χ0) is 33.3. The molecule has 2 aliphatic rings. The SMILES string of the molecule is Cn1nc2ccc(-c3cn(COCC[Si](C)(C)C)c4nc(N5C6CCC5C(NC(=O)OC(C)(C)C)C6)n(C)c(=O)c34)c(Cl)c2c1Cl. The molecule has 0 saturated carbocycles. The third-order valence-corrected chi connectivity index (χ3v) is 11.5. The Bertz CT molecular complexity index is 1890. The molecule has 4 aromatic rings. The van der Waals surface area contributed by atoms with Crippen molar-refractivity contribution in [1.29, 1.82) is 0 Å². The topological polar surface area (TPSA) is 108 Å². The number of ether oxygens (including phenoxy) is 2. The number of hydrogen-bond acceptors (Lipinski definition) is 7. The van der Waals surface area contributed by atoms with E-state index in [0.717, 1.165) is 25.3 Å². The molecule has 5 heterocycles. The number of nitrogens with zero attached hydrogens (tertiary/aromatic N) is 6. The highest BCUT2D eigenvalue weighted by molar-refractivity contribution is 6.76. The number of aryl methyl sites for hydroxylation is 1. The molecule has 0 spiro atoms. The molecule has 0 aliphatic carbocycles. The van der Waals surface area contributed by atoms with Crippen LogP contribution < -0.4 is 15.8 Å². The van der Waals surface area contributed by atoms with E-state index >= 15 is 0 Å². The van der Waals surface area contributed by atoms with E-state index in [2.05, 4.69) is 35.0 Å². The van der Waals surface area contributed by atoms with Gasteiger partial charge in [0.1, 0.15) is 17.5 Å². The Morgan fingerprint density at radius 1 is 1.11 bits per heavy atom. The molecule has 2 saturated heterocycles. The fourth-order valence-corrected chi connectivity index (χ4v) is 8.10. The van der Waals surface area contributed by atoms with Crippen LogP contribution in [0.15, 0.2) is 23.1 Å². The van der Waals surface area contributed by atoms with Crippen molar-refractivity contribution in [3.05, 3.63) is 38.9 Å². The number of hydrogen-bond donors (Lipinski definition) is 1. The van der Waals surface area contributed by atoms with Gasteiger partial charge in [-0.25, -0.2) is 4.79 Å². The summed E-state index contributed by atoms with van der Waals surface area (Å²) in [5.74, 6) is 0.573. The zero-order valence-corrected chi connectivity index (χ0v) is 30.3. The minimum atomic E-state index is -1.30. The molecule has 248 valence electrons. The molecular formula is C32H43Cl2N7O4Si. The molecule has 11 nitrogen and oxygen atoms in total. The van der Waals surface area contributed by atoms with Crippen molar-refractivity contribution in [2.24, 2.45) is 14.1 Å². The molecule has 3 unspecified atom stereocenters. The molecule has 1 aromatic carbocycles. The fraction of sp³-hybridized carbons (Fsp3) is 0.562. The molecule has 1 N–H and O–H groups in total. The van der Waals surface area contributed by atoms with Gasteiger partial charge < -0.3 is 24.3 Å². The van der Waals surface area contributed by atoms with Crippen LogP contribution in [0.3, 0.4) is 0 Å². The number of carbonyl (C=O) groups excluding carboxylic acids is 1. The van der Waals surface area contributed by atoms with Crippen LogP contribution in [-0.4, -0.2) is 68.4 Å². The van der Waals surface area contributed by atoms with Crippen LogP contribution in [0.2, 0.25) is 35.9 Å². The summed E-state index contributed by atoms with van der Waals surface area (Å²) in [5.41, 5.74) is 1.75. The average molecular weight is 689 g/mol. The van der Waals surface area contributed by atoms with Gasteiger partial charge in [0, 0.05) is 52.1 Å². The minimum absolute atomic E-state index is 0.00600. The first-order chi connectivity index (χ1) is 21.5. The lowest BCUT2D eigenvalue weighted by Gasteiger charge is -2.28. The van der Waals surface area contributed by atoms with Gasteiger partial charge in [0.25, 0.3) is 5.56 Å². The average Bonchev–Trinajstić information content (AvgIpc) is 3.68. The summed E-state index contributed by atoms with van der Waals surface area (Å²) in [6.45, 7) is 13.4. The Kier molecular flexibility index (Phi) is 8.48. The summed E-state index contributed by atoms with van der Waals surface area (Å²) >= 11 is 13.6. The predicted molar refractivity (Wildman–Crippen MR) is 186 cm³/mol. The highest BCUT2D eigenvalue weighted by Gasteiger charge is 2.49. The Morgan fingerprint density at radius 3 is 2.54 bits per heavy atom. The zero-order valence-electron chi connectivity index (χ0n) is 27.8. The highest BCUT2D eigenvalue weighted by Crippen LogP contribution is 2.43. The molecule has 2 aliphatic heterocycles. The van der Waals surface area contributed by atoms with Crippen LogP contribution in [0.4, 0.5) is 10.7 Å². The van der Waals surface area contributed by atoms with E-state index in [9.17, 15) is 9.59 Å². The fourth-order valence-electron chi connectivity index (χ4n) is 6.71. The van der Waals surface area contributed by atoms with Crippen LogP contribution in [0.25, 0.3) is 33.1 Å². The predicted octanol–water partition coefficient (Wildman–Crippen LogP) is 6.54. The van der Waals surface area contributed by atoms with E-state index in [1.807, 2.05) is 43.7 Å². The Hall–Kier alpha value is -3.06. The van der Waals surface area contributed by atoms with Crippen LogP contribution >= 0.6 is 23.2 Å². The number of nitrogens with one attached hydrogen (secondary N) is 1. The van der Waals surface area contributed by atoms with Crippen molar-refractivity contribution in [3.63, 3.8) is 0 Å². The van der Waals surface area contributed by atoms with Crippen molar-refractivity contribution in [2.75, 3.05) is 11.5 Å². The lowest BCUT2D eigenvalue weighted by molar-refractivity contribution is 0.0497. The number of carbonyl (C=O) groups is 1. The number of amides is 1. The molecule has 1 amide bonds. The largest absolute Gasteiger partial charge is 0.444 e. The van der Waals surface area contributed by atoms with E-state index in [0.29, 0.717) is 55.8 Å². The monoisotopic (exact) mass is 687 g/mol. The summed E-state index contributed by atoms with van der Waals surface area (Å²) in [7, 11) is 2.22. The molecule has 6 rings (SSSR count). The summed E-state index contributed by atoms with van der Waals surface area (Å²) in [5, 5.41) is 9.47. The van der Waals surface area contributed by atoms with Gasteiger partial charge >= 0.3 is 6.09 Å².